The minimum absolute atomic E-state index is 0.180. The molecular formula is C18H14N2O2. The standard InChI is InChI=1S/C18H14N2O2/c1-13-7-10-17(22-13)16(21)9-8-14-11-19-18(20-12-14)15-5-3-2-4-6-15/h2-12H,1H3/b9-8+. The van der Waals surface area contributed by atoms with Crippen LogP contribution >= 0.6 is 0 Å². The van der Waals surface area contributed by atoms with Gasteiger partial charge in [-0.2, -0.15) is 0 Å². The largest absolute Gasteiger partial charge is 0.458 e. The van der Waals surface area contributed by atoms with Crippen LogP contribution in [0.4, 0.5) is 0 Å². The number of rotatable bonds is 4. The molecule has 0 unspecified atom stereocenters. The average molecular weight is 290 g/mol. The molecule has 1 aromatic carbocycles. The van der Waals surface area contributed by atoms with Crippen molar-refractivity contribution in [3.8, 4) is 11.4 Å². The van der Waals surface area contributed by atoms with Crippen LogP contribution in [-0.2, 0) is 0 Å². The summed E-state index contributed by atoms with van der Waals surface area (Å²) in [4.78, 5) is 20.5. The van der Waals surface area contributed by atoms with Crippen LogP contribution in [0.15, 0.2) is 65.4 Å². The van der Waals surface area contributed by atoms with E-state index in [2.05, 4.69) is 9.97 Å². The second-order valence-corrected chi connectivity index (χ2v) is 4.81. The van der Waals surface area contributed by atoms with E-state index in [1.54, 1.807) is 37.5 Å². The van der Waals surface area contributed by atoms with E-state index >= 15 is 0 Å². The van der Waals surface area contributed by atoms with Crippen molar-refractivity contribution in [2.24, 2.45) is 0 Å². The number of carbonyl (C=O) groups is 1. The molecule has 22 heavy (non-hydrogen) atoms. The summed E-state index contributed by atoms with van der Waals surface area (Å²) in [5.74, 6) is 1.52. The maximum atomic E-state index is 11.9. The smallest absolute Gasteiger partial charge is 0.221 e. The zero-order valence-corrected chi connectivity index (χ0v) is 12.1. The zero-order chi connectivity index (χ0) is 15.4. The molecule has 2 aromatic heterocycles. The number of hydrogen-bond acceptors (Lipinski definition) is 4. The van der Waals surface area contributed by atoms with E-state index in [-0.39, 0.29) is 5.78 Å². The Bertz CT molecular complexity index is 803. The summed E-state index contributed by atoms with van der Waals surface area (Å²) in [6.45, 7) is 1.80. The van der Waals surface area contributed by atoms with Gasteiger partial charge in [-0.3, -0.25) is 4.79 Å². The predicted molar refractivity (Wildman–Crippen MR) is 84.3 cm³/mol. The van der Waals surface area contributed by atoms with Crippen LogP contribution in [-0.4, -0.2) is 15.8 Å². The van der Waals surface area contributed by atoms with Crippen molar-refractivity contribution in [2.75, 3.05) is 0 Å². The molecule has 0 aliphatic carbocycles. The second kappa shape index (κ2) is 6.18. The van der Waals surface area contributed by atoms with Gasteiger partial charge in [-0.25, -0.2) is 9.97 Å². The fourth-order valence-corrected chi connectivity index (χ4v) is 1.98. The number of furan rings is 1. The molecular weight excluding hydrogens is 276 g/mol. The first-order valence-corrected chi connectivity index (χ1v) is 6.89. The van der Waals surface area contributed by atoms with Crippen molar-refractivity contribution in [2.45, 2.75) is 6.92 Å². The molecule has 0 amide bonds. The third kappa shape index (κ3) is 3.17. The molecule has 0 aliphatic rings. The molecule has 0 spiro atoms. The third-order valence-electron chi connectivity index (χ3n) is 3.11. The van der Waals surface area contributed by atoms with Crippen LogP contribution in [0.2, 0.25) is 0 Å². The van der Waals surface area contributed by atoms with E-state index in [9.17, 15) is 4.79 Å². The summed E-state index contributed by atoms with van der Waals surface area (Å²) < 4.78 is 5.28. The molecule has 3 rings (SSSR count). The number of allylic oxidation sites excluding steroid dienone is 1. The maximum absolute atomic E-state index is 11.9. The lowest BCUT2D eigenvalue weighted by atomic mass is 10.2. The molecule has 4 nitrogen and oxygen atoms in total. The van der Waals surface area contributed by atoms with Crippen LogP contribution < -0.4 is 0 Å². The first-order valence-electron chi connectivity index (χ1n) is 6.89. The van der Waals surface area contributed by atoms with E-state index in [0.717, 1.165) is 11.1 Å². The number of ketones is 1. The van der Waals surface area contributed by atoms with E-state index in [1.165, 1.54) is 6.08 Å². The Hall–Kier alpha value is -3.01. The van der Waals surface area contributed by atoms with E-state index < -0.39 is 0 Å². The van der Waals surface area contributed by atoms with Crippen molar-refractivity contribution >= 4 is 11.9 Å². The van der Waals surface area contributed by atoms with E-state index in [1.807, 2.05) is 30.3 Å². The van der Waals surface area contributed by atoms with E-state index in [4.69, 9.17) is 4.42 Å². The highest BCUT2D eigenvalue weighted by molar-refractivity contribution is 6.04. The van der Waals surface area contributed by atoms with Gasteiger partial charge in [-0.15, -0.1) is 0 Å². The highest BCUT2D eigenvalue weighted by Crippen LogP contribution is 2.14. The van der Waals surface area contributed by atoms with Gasteiger partial charge >= 0.3 is 0 Å². The minimum atomic E-state index is -0.180. The SMILES string of the molecule is Cc1ccc(C(=O)/C=C/c2cnc(-c3ccccc3)nc2)o1. The van der Waals surface area contributed by atoms with Gasteiger partial charge in [-0.05, 0) is 31.2 Å². The summed E-state index contributed by atoms with van der Waals surface area (Å²) in [7, 11) is 0. The normalized spacial score (nSPS) is 11.0. The molecule has 0 fully saturated rings. The number of hydrogen-bond donors (Lipinski definition) is 0. The molecule has 0 atom stereocenters. The van der Waals surface area contributed by atoms with Gasteiger partial charge in [0.25, 0.3) is 0 Å². The van der Waals surface area contributed by atoms with Gasteiger partial charge in [0.2, 0.25) is 5.78 Å². The Labute approximate surface area is 128 Å². The highest BCUT2D eigenvalue weighted by atomic mass is 16.3. The maximum Gasteiger partial charge on any atom is 0.221 e. The molecule has 108 valence electrons. The van der Waals surface area contributed by atoms with Crippen molar-refractivity contribution in [3.63, 3.8) is 0 Å². The Morgan fingerprint density at radius 2 is 1.77 bits per heavy atom. The number of aromatic nitrogens is 2. The number of benzene rings is 1. The van der Waals surface area contributed by atoms with Crippen molar-refractivity contribution in [1.82, 2.24) is 9.97 Å². The van der Waals surface area contributed by atoms with Gasteiger partial charge in [0.1, 0.15) is 5.76 Å². The summed E-state index contributed by atoms with van der Waals surface area (Å²) in [6, 6.07) is 13.2. The Morgan fingerprint density at radius 3 is 2.41 bits per heavy atom. The van der Waals surface area contributed by atoms with Gasteiger partial charge in [0.05, 0.1) is 0 Å². The Morgan fingerprint density at radius 1 is 1.05 bits per heavy atom. The fraction of sp³-hybridized carbons (Fsp3) is 0.0556. The summed E-state index contributed by atoms with van der Waals surface area (Å²) in [5.41, 5.74) is 1.72. The van der Waals surface area contributed by atoms with Crippen LogP contribution in [0.1, 0.15) is 21.9 Å². The second-order valence-electron chi connectivity index (χ2n) is 4.81. The summed E-state index contributed by atoms with van der Waals surface area (Å²) in [5, 5.41) is 0. The van der Waals surface area contributed by atoms with Crippen LogP contribution in [0.3, 0.4) is 0 Å². The topological polar surface area (TPSA) is 56.0 Å². The molecule has 0 saturated heterocycles. The van der Waals surface area contributed by atoms with Crippen molar-refractivity contribution in [1.29, 1.82) is 0 Å². The first-order chi connectivity index (χ1) is 10.7. The minimum Gasteiger partial charge on any atom is -0.458 e. The van der Waals surface area contributed by atoms with E-state index in [0.29, 0.717) is 17.3 Å². The number of nitrogens with zero attached hydrogens (tertiary/aromatic N) is 2. The lowest BCUT2D eigenvalue weighted by molar-refractivity contribution is 0.102. The third-order valence-corrected chi connectivity index (χ3v) is 3.11. The Kier molecular flexibility index (Phi) is 3.92. The van der Waals surface area contributed by atoms with Gasteiger partial charge in [0, 0.05) is 23.5 Å². The van der Waals surface area contributed by atoms with Crippen LogP contribution in [0.25, 0.3) is 17.5 Å². The fourth-order valence-electron chi connectivity index (χ4n) is 1.98. The van der Waals surface area contributed by atoms with Crippen LogP contribution in [0.5, 0.6) is 0 Å². The molecule has 0 saturated carbocycles. The lowest BCUT2D eigenvalue weighted by Crippen LogP contribution is -1.92. The monoisotopic (exact) mass is 290 g/mol. The summed E-state index contributed by atoms with van der Waals surface area (Å²) >= 11 is 0. The molecule has 0 aliphatic heterocycles. The lowest BCUT2D eigenvalue weighted by Gasteiger charge is -1.99. The van der Waals surface area contributed by atoms with Gasteiger partial charge in [0.15, 0.2) is 11.6 Å². The zero-order valence-electron chi connectivity index (χ0n) is 12.1. The first kappa shape index (κ1) is 13.9. The molecule has 0 bridgehead atoms. The molecule has 3 aromatic rings. The van der Waals surface area contributed by atoms with Gasteiger partial charge < -0.3 is 4.42 Å². The van der Waals surface area contributed by atoms with Crippen LogP contribution in [0, 0.1) is 6.92 Å². The average Bonchev–Trinajstić information content (AvgIpc) is 3.00. The number of carbonyl (C=O) groups excluding carboxylic acids is 1. The highest BCUT2D eigenvalue weighted by Gasteiger charge is 2.06. The molecule has 0 N–H and O–H groups in total. The van der Waals surface area contributed by atoms with Crippen molar-refractivity contribution in [3.05, 3.63) is 78.0 Å². The predicted octanol–water partition coefficient (Wildman–Crippen LogP) is 3.94. The van der Waals surface area contributed by atoms with Crippen molar-refractivity contribution < 1.29 is 9.21 Å². The summed E-state index contributed by atoms with van der Waals surface area (Å²) in [6.07, 6.45) is 6.51. The molecule has 2 heterocycles. The molecule has 0 radical (unpaired) electrons. The Balaban J connectivity index is 1.73. The quantitative estimate of drug-likeness (QED) is 0.539. The molecule has 4 heteroatoms. The number of aryl methyl sites for hydroxylation is 1. The van der Waals surface area contributed by atoms with Gasteiger partial charge in [-0.1, -0.05) is 30.3 Å².